The van der Waals surface area contributed by atoms with Gasteiger partial charge < -0.3 is 4.74 Å². The number of amides is 1. The van der Waals surface area contributed by atoms with Gasteiger partial charge in [0.15, 0.2) is 6.61 Å². The van der Waals surface area contributed by atoms with Crippen LogP contribution >= 0.6 is 11.6 Å². The number of hydrogen-bond donors (Lipinski definition) is 1. The van der Waals surface area contributed by atoms with Crippen LogP contribution in [0.2, 0.25) is 5.15 Å². The van der Waals surface area contributed by atoms with E-state index in [0.29, 0.717) is 5.56 Å². The van der Waals surface area contributed by atoms with Gasteiger partial charge in [-0.25, -0.2) is 10.4 Å². The first-order chi connectivity index (χ1) is 13.7. The Morgan fingerprint density at radius 3 is 2.79 bits per heavy atom. The highest BCUT2D eigenvalue weighted by Crippen LogP contribution is 2.31. The topological polar surface area (TPSA) is 63.6 Å². The van der Waals surface area contributed by atoms with Gasteiger partial charge in [0, 0.05) is 10.9 Å². The molecule has 0 saturated heterocycles. The molecule has 1 aromatic heterocycles. The molecule has 29 heavy (non-hydrogen) atoms. The van der Waals surface area contributed by atoms with Crippen LogP contribution in [0.25, 0.3) is 10.9 Å². The maximum absolute atomic E-state index is 12.7. The molecule has 0 saturated carbocycles. The molecule has 1 amide bonds. The Bertz CT molecular complexity index is 1080. The van der Waals surface area contributed by atoms with Crippen LogP contribution in [-0.2, 0) is 11.0 Å². The monoisotopic (exact) mass is 421 g/mol. The Kier molecular flexibility index (Phi) is 6.03. The summed E-state index contributed by atoms with van der Waals surface area (Å²) in [5.41, 5.74) is 3.66. The van der Waals surface area contributed by atoms with E-state index in [0.717, 1.165) is 28.6 Å². The van der Waals surface area contributed by atoms with E-state index < -0.39 is 24.3 Å². The standard InChI is InChI=1S/C20H15ClF3N3O2/c1-12-5-6-13-8-14(19(21)26-17(13)7-12)10-25-27-18(28)11-29-16-4-2-3-15(9-16)20(22,23)24/h2-10H,11H2,1H3,(H,27,28)/b25-10+. The van der Waals surface area contributed by atoms with E-state index in [9.17, 15) is 18.0 Å². The van der Waals surface area contributed by atoms with Crippen molar-refractivity contribution in [2.45, 2.75) is 13.1 Å². The van der Waals surface area contributed by atoms with Crippen LogP contribution in [0.4, 0.5) is 13.2 Å². The fourth-order valence-electron chi connectivity index (χ4n) is 2.48. The van der Waals surface area contributed by atoms with Gasteiger partial charge in [-0.3, -0.25) is 4.79 Å². The van der Waals surface area contributed by atoms with Gasteiger partial charge in [-0.15, -0.1) is 0 Å². The van der Waals surface area contributed by atoms with E-state index in [1.165, 1.54) is 18.3 Å². The molecule has 3 aromatic rings. The lowest BCUT2D eigenvalue weighted by molar-refractivity contribution is -0.137. The van der Waals surface area contributed by atoms with E-state index in [-0.39, 0.29) is 10.9 Å². The van der Waals surface area contributed by atoms with Crippen molar-refractivity contribution in [1.82, 2.24) is 10.4 Å². The number of carbonyl (C=O) groups is 1. The van der Waals surface area contributed by atoms with Crippen molar-refractivity contribution in [2.75, 3.05) is 6.61 Å². The summed E-state index contributed by atoms with van der Waals surface area (Å²) in [6.45, 7) is 1.45. The van der Waals surface area contributed by atoms with Gasteiger partial charge >= 0.3 is 6.18 Å². The maximum atomic E-state index is 12.7. The van der Waals surface area contributed by atoms with Crippen LogP contribution in [0, 0.1) is 6.92 Å². The summed E-state index contributed by atoms with van der Waals surface area (Å²) in [7, 11) is 0. The van der Waals surface area contributed by atoms with Gasteiger partial charge in [0.1, 0.15) is 10.9 Å². The molecular formula is C20H15ClF3N3O2. The van der Waals surface area contributed by atoms with Crippen molar-refractivity contribution in [2.24, 2.45) is 5.10 Å². The zero-order valence-corrected chi connectivity index (χ0v) is 15.9. The zero-order chi connectivity index (χ0) is 21.0. The summed E-state index contributed by atoms with van der Waals surface area (Å²) in [5.74, 6) is -0.713. The van der Waals surface area contributed by atoms with Crippen LogP contribution in [0.1, 0.15) is 16.7 Å². The highest BCUT2D eigenvalue weighted by molar-refractivity contribution is 6.32. The summed E-state index contributed by atoms with van der Waals surface area (Å²) in [6, 6.07) is 11.8. The number of aryl methyl sites for hydroxylation is 1. The highest BCUT2D eigenvalue weighted by atomic mass is 35.5. The van der Waals surface area contributed by atoms with Gasteiger partial charge in [0.2, 0.25) is 0 Å². The molecule has 0 unspecified atom stereocenters. The number of nitrogens with one attached hydrogen (secondary N) is 1. The predicted octanol–water partition coefficient (Wildman–Crippen LogP) is 4.74. The van der Waals surface area contributed by atoms with Gasteiger partial charge in [0.05, 0.1) is 17.3 Å². The molecular weight excluding hydrogens is 407 g/mol. The molecule has 1 heterocycles. The lowest BCUT2D eigenvalue weighted by Gasteiger charge is -2.09. The Morgan fingerprint density at radius 2 is 2.03 bits per heavy atom. The number of carbonyl (C=O) groups excluding carboxylic acids is 1. The molecule has 0 fully saturated rings. The molecule has 150 valence electrons. The third kappa shape index (κ3) is 5.45. The largest absolute Gasteiger partial charge is 0.484 e. The number of nitrogens with zero attached hydrogens (tertiary/aromatic N) is 2. The molecule has 3 rings (SSSR count). The molecule has 0 aliphatic carbocycles. The van der Waals surface area contributed by atoms with Gasteiger partial charge in [-0.2, -0.15) is 18.3 Å². The summed E-state index contributed by atoms with van der Waals surface area (Å²) < 4.78 is 43.1. The first kappa shape index (κ1) is 20.6. The number of benzene rings is 2. The van der Waals surface area contributed by atoms with Crippen molar-refractivity contribution in [3.05, 3.63) is 70.4 Å². The molecule has 1 N–H and O–H groups in total. The minimum Gasteiger partial charge on any atom is -0.484 e. The van der Waals surface area contributed by atoms with Gasteiger partial charge in [-0.1, -0.05) is 29.8 Å². The van der Waals surface area contributed by atoms with Gasteiger partial charge in [0.25, 0.3) is 5.91 Å². The maximum Gasteiger partial charge on any atom is 0.416 e. The summed E-state index contributed by atoms with van der Waals surface area (Å²) in [6.07, 6.45) is -3.16. The summed E-state index contributed by atoms with van der Waals surface area (Å²) >= 11 is 6.13. The quantitative estimate of drug-likeness (QED) is 0.367. The Balaban J connectivity index is 1.59. The number of hydrazone groups is 1. The minimum absolute atomic E-state index is 0.0731. The number of hydrogen-bond acceptors (Lipinski definition) is 4. The fraction of sp³-hybridized carbons (Fsp3) is 0.150. The van der Waals surface area contributed by atoms with Crippen molar-refractivity contribution in [3.8, 4) is 5.75 Å². The van der Waals surface area contributed by atoms with E-state index in [1.807, 2.05) is 25.1 Å². The van der Waals surface area contributed by atoms with Crippen molar-refractivity contribution in [3.63, 3.8) is 0 Å². The number of alkyl halides is 3. The minimum atomic E-state index is -4.49. The normalized spacial score (nSPS) is 11.8. The third-order valence-electron chi connectivity index (χ3n) is 3.88. The number of rotatable bonds is 5. The first-order valence-electron chi connectivity index (χ1n) is 8.41. The Labute approximate surface area is 169 Å². The number of ether oxygens (including phenoxy) is 1. The molecule has 0 atom stereocenters. The van der Waals surface area contributed by atoms with Crippen LogP contribution in [0.3, 0.4) is 0 Å². The van der Waals surface area contributed by atoms with Crippen LogP contribution in [0.5, 0.6) is 5.75 Å². The molecule has 5 nitrogen and oxygen atoms in total. The molecule has 0 aliphatic heterocycles. The molecule has 0 aliphatic rings. The smallest absolute Gasteiger partial charge is 0.416 e. The molecule has 9 heteroatoms. The average molecular weight is 422 g/mol. The van der Waals surface area contributed by atoms with Crippen molar-refractivity contribution in [1.29, 1.82) is 0 Å². The predicted molar refractivity (Wildman–Crippen MR) is 104 cm³/mol. The second-order valence-electron chi connectivity index (χ2n) is 6.17. The fourth-order valence-corrected chi connectivity index (χ4v) is 2.67. The highest BCUT2D eigenvalue weighted by Gasteiger charge is 2.30. The summed E-state index contributed by atoms with van der Waals surface area (Å²) in [5, 5.41) is 4.87. The van der Waals surface area contributed by atoms with Crippen LogP contribution in [0.15, 0.2) is 53.6 Å². The Morgan fingerprint density at radius 1 is 1.24 bits per heavy atom. The number of halogens is 4. The molecule has 0 radical (unpaired) electrons. The molecule has 2 aromatic carbocycles. The molecule has 0 spiro atoms. The van der Waals surface area contributed by atoms with Gasteiger partial charge in [-0.05, 0) is 42.8 Å². The van der Waals surface area contributed by atoms with E-state index in [4.69, 9.17) is 16.3 Å². The lowest BCUT2D eigenvalue weighted by atomic mass is 10.1. The Hall–Kier alpha value is -3.13. The second-order valence-corrected chi connectivity index (χ2v) is 6.53. The molecule has 0 bridgehead atoms. The van der Waals surface area contributed by atoms with E-state index >= 15 is 0 Å². The van der Waals surface area contributed by atoms with E-state index in [1.54, 1.807) is 6.07 Å². The second kappa shape index (κ2) is 8.48. The van der Waals surface area contributed by atoms with Crippen molar-refractivity contribution < 1.29 is 22.7 Å². The van der Waals surface area contributed by atoms with Crippen LogP contribution < -0.4 is 10.2 Å². The number of fused-ring (bicyclic) bond motifs is 1. The average Bonchev–Trinajstić information content (AvgIpc) is 2.66. The first-order valence-corrected chi connectivity index (χ1v) is 8.79. The zero-order valence-electron chi connectivity index (χ0n) is 15.1. The lowest BCUT2D eigenvalue weighted by Crippen LogP contribution is -2.24. The van der Waals surface area contributed by atoms with Crippen LogP contribution in [-0.4, -0.2) is 23.7 Å². The van der Waals surface area contributed by atoms with Crippen molar-refractivity contribution >= 4 is 34.6 Å². The third-order valence-corrected chi connectivity index (χ3v) is 4.18. The number of pyridine rings is 1. The summed E-state index contributed by atoms with van der Waals surface area (Å²) in [4.78, 5) is 16.1. The van der Waals surface area contributed by atoms with E-state index in [2.05, 4.69) is 15.5 Å². The SMILES string of the molecule is Cc1ccc2cc(/C=N/NC(=O)COc3cccc(C(F)(F)F)c3)c(Cl)nc2c1. The number of aromatic nitrogens is 1.